The molecule has 21 heavy (non-hydrogen) atoms. The number of nitrogens with one attached hydrogen (secondary N) is 1. The monoisotopic (exact) mass is 336 g/mol. The Morgan fingerprint density at radius 2 is 2.05 bits per heavy atom. The second kappa shape index (κ2) is 9.71. The van der Waals surface area contributed by atoms with E-state index in [-0.39, 0.29) is 19.0 Å². The lowest BCUT2D eigenvalue weighted by atomic mass is 10.2. The number of nitrogens with two attached hydrogens (primary N) is 1. The third kappa shape index (κ3) is 6.89. The fraction of sp³-hybridized carbons (Fsp3) is 0.500. The molecule has 5 nitrogen and oxygen atoms in total. The van der Waals surface area contributed by atoms with Crippen LogP contribution >= 0.6 is 24.0 Å². The van der Waals surface area contributed by atoms with Crippen molar-refractivity contribution in [2.24, 2.45) is 5.73 Å². The minimum atomic E-state index is -0.561. The zero-order valence-electron chi connectivity index (χ0n) is 12.4. The van der Waals surface area contributed by atoms with Gasteiger partial charge in [-0.15, -0.1) is 12.4 Å². The van der Waals surface area contributed by atoms with E-state index in [9.17, 15) is 4.79 Å². The first-order valence-corrected chi connectivity index (χ1v) is 6.91. The molecule has 0 saturated heterocycles. The summed E-state index contributed by atoms with van der Waals surface area (Å²) in [6.07, 6.45) is 0. The molecule has 120 valence electrons. The predicted octanol–water partition coefficient (Wildman–Crippen LogP) is 2.52. The molecule has 0 unspecified atom stereocenters. The van der Waals surface area contributed by atoms with Gasteiger partial charge >= 0.3 is 0 Å². The maximum atomic E-state index is 10.8. The Morgan fingerprint density at radius 1 is 1.38 bits per heavy atom. The number of amides is 1. The number of benzene rings is 1. The summed E-state index contributed by atoms with van der Waals surface area (Å²) in [4.78, 5) is 10.8. The molecule has 0 bridgehead atoms. The second-order valence-corrected chi connectivity index (χ2v) is 5.04. The summed E-state index contributed by atoms with van der Waals surface area (Å²) in [5.74, 6) is 0.302. The highest BCUT2D eigenvalue weighted by molar-refractivity contribution is 6.32. The SMILES string of the molecule is CCOc1cc(CNC(C)C)cc(Cl)c1OCC(N)=O.Cl. The van der Waals surface area contributed by atoms with Crippen LogP contribution < -0.4 is 20.5 Å². The lowest BCUT2D eigenvalue weighted by molar-refractivity contribution is -0.119. The molecule has 7 heteroatoms. The van der Waals surface area contributed by atoms with Gasteiger partial charge in [0, 0.05) is 12.6 Å². The number of carbonyl (C=O) groups is 1. The minimum Gasteiger partial charge on any atom is -0.490 e. The molecule has 0 aliphatic carbocycles. The van der Waals surface area contributed by atoms with E-state index in [1.807, 2.05) is 13.0 Å². The molecule has 0 heterocycles. The molecule has 0 aliphatic rings. The summed E-state index contributed by atoms with van der Waals surface area (Å²) < 4.78 is 10.8. The lowest BCUT2D eigenvalue weighted by Crippen LogP contribution is -2.22. The molecule has 0 aliphatic heterocycles. The topological polar surface area (TPSA) is 73.6 Å². The van der Waals surface area contributed by atoms with Gasteiger partial charge in [0.15, 0.2) is 18.1 Å². The lowest BCUT2D eigenvalue weighted by Gasteiger charge is -2.15. The fourth-order valence-electron chi connectivity index (χ4n) is 1.59. The molecule has 0 saturated carbocycles. The van der Waals surface area contributed by atoms with Crippen molar-refractivity contribution in [1.29, 1.82) is 0 Å². The summed E-state index contributed by atoms with van der Waals surface area (Å²) in [6, 6.07) is 4.01. The quantitative estimate of drug-likeness (QED) is 0.764. The van der Waals surface area contributed by atoms with Crippen LogP contribution in [0.3, 0.4) is 0 Å². The summed E-state index contributed by atoms with van der Waals surface area (Å²) in [6.45, 7) is 6.91. The summed E-state index contributed by atoms with van der Waals surface area (Å²) in [5, 5.41) is 3.70. The molecule has 3 N–H and O–H groups in total. The summed E-state index contributed by atoms with van der Waals surface area (Å²) >= 11 is 6.18. The number of hydrogen-bond donors (Lipinski definition) is 2. The second-order valence-electron chi connectivity index (χ2n) is 4.63. The van der Waals surface area contributed by atoms with Crippen molar-refractivity contribution in [2.75, 3.05) is 13.2 Å². The highest BCUT2D eigenvalue weighted by Crippen LogP contribution is 2.36. The van der Waals surface area contributed by atoms with Gasteiger partial charge in [0.05, 0.1) is 11.6 Å². The Balaban J connectivity index is 0.00000400. The highest BCUT2D eigenvalue weighted by atomic mass is 35.5. The number of rotatable bonds is 8. The Bertz CT molecular complexity index is 468. The first kappa shape index (κ1) is 19.8. The molecule has 1 aromatic rings. The van der Waals surface area contributed by atoms with Crippen LogP contribution in [0.25, 0.3) is 0 Å². The Morgan fingerprint density at radius 3 is 2.57 bits per heavy atom. The zero-order chi connectivity index (χ0) is 15.1. The largest absolute Gasteiger partial charge is 0.490 e. The average molecular weight is 337 g/mol. The maximum Gasteiger partial charge on any atom is 0.255 e. The van der Waals surface area contributed by atoms with E-state index in [0.29, 0.717) is 35.7 Å². The minimum absolute atomic E-state index is 0. The van der Waals surface area contributed by atoms with E-state index in [2.05, 4.69) is 19.2 Å². The Labute approximate surface area is 136 Å². The first-order valence-electron chi connectivity index (χ1n) is 6.53. The van der Waals surface area contributed by atoms with E-state index < -0.39 is 5.91 Å². The normalized spacial score (nSPS) is 10.1. The summed E-state index contributed by atoms with van der Waals surface area (Å²) in [5.41, 5.74) is 6.05. The van der Waals surface area contributed by atoms with Crippen LogP contribution in [-0.4, -0.2) is 25.2 Å². The predicted molar refractivity (Wildman–Crippen MR) is 86.5 cm³/mol. The Kier molecular flexibility index (Phi) is 9.17. The zero-order valence-corrected chi connectivity index (χ0v) is 14.0. The molecule has 0 radical (unpaired) electrons. The van der Waals surface area contributed by atoms with E-state index in [1.165, 1.54) is 0 Å². The maximum absolute atomic E-state index is 10.8. The van der Waals surface area contributed by atoms with Gasteiger partial charge in [-0.1, -0.05) is 25.4 Å². The van der Waals surface area contributed by atoms with Crippen molar-refractivity contribution in [3.63, 3.8) is 0 Å². The standard InChI is InChI=1S/C14H21ClN2O3.ClH/c1-4-19-12-6-10(7-17-9(2)3)5-11(15)14(12)20-8-13(16)18;/h5-6,9,17H,4,7-8H2,1-3H3,(H2,16,18);1H. The summed E-state index contributed by atoms with van der Waals surface area (Å²) in [7, 11) is 0. The number of primary amides is 1. The molecule has 1 aromatic carbocycles. The van der Waals surface area contributed by atoms with Crippen LogP contribution in [0.4, 0.5) is 0 Å². The highest BCUT2D eigenvalue weighted by Gasteiger charge is 2.13. The fourth-order valence-corrected chi connectivity index (χ4v) is 1.88. The molecular formula is C14H22Cl2N2O3. The van der Waals surface area contributed by atoms with E-state index in [4.69, 9.17) is 26.8 Å². The van der Waals surface area contributed by atoms with Crippen molar-refractivity contribution < 1.29 is 14.3 Å². The molecular weight excluding hydrogens is 315 g/mol. The first-order chi connectivity index (χ1) is 9.43. The van der Waals surface area contributed by atoms with Gasteiger partial charge in [0.1, 0.15) is 0 Å². The molecule has 1 amide bonds. The third-order valence-electron chi connectivity index (χ3n) is 2.44. The van der Waals surface area contributed by atoms with E-state index in [0.717, 1.165) is 5.56 Å². The molecule has 0 spiro atoms. The van der Waals surface area contributed by atoms with E-state index in [1.54, 1.807) is 6.07 Å². The molecule has 0 aromatic heterocycles. The van der Waals surface area contributed by atoms with Gasteiger partial charge in [0.25, 0.3) is 5.91 Å². The van der Waals surface area contributed by atoms with Crippen LogP contribution in [0, 0.1) is 0 Å². The van der Waals surface area contributed by atoms with Gasteiger partial charge in [-0.2, -0.15) is 0 Å². The van der Waals surface area contributed by atoms with Crippen molar-refractivity contribution in [3.05, 3.63) is 22.7 Å². The molecule has 1 rings (SSSR count). The number of hydrogen-bond acceptors (Lipinski definition) is 4. The van der Waals surface area contributed by atoms with Gasteiger partial charge in [-0.25, -0.2) is 0 Å². The smallest absolute Gasteiger partial charge is 0.255 e. The Hall–Kier alpha value is -1.17. The molecule has 0 atom stereocenters. The van der Waals surface area contributed by atoms with E-state index >= 15 is 0 Å². The average Bonchev–Trinajstić information content (AvgIpc) is 2.35. The van der Waals surface area contributed by atoms with Crippen LogP contribution in [0.2, 0.25) is 5.02 Å². The van der Waals surface area contributed by atoms with Crippen molar-refractivity contribution >= 4 is 29.9 Å². The van der Waals surface area contributed by atoms with Gasteiger partial charge in [-0.3, -0.25) is 4.79 Å². The molecule has 0 fully saturated rings. The van der Waals surface area contributed by atoms with Crippen molar-refractivity contribution in [2.45, 2.75) is 33.4 Å². The van der Waals surface area contributed by atoms with Crippen molar-refractivity contribution in [3.8, 4) is 11.5 Å². The number of halogens is 2. The third-order valence-corrected chi connectivity index (χ3v) is 2.72. The number of carbonyl (C=O) groups excluding carboxylic acids is 1. The van der Waals surface area contributed by atoms with Gasteiger partial charge in [-0.05, 0) is 24.6 Å². The van der Waals surface area contributed by atoms with Crippen LogP contribution in [0.15, 0.2) is 12.1 Å². The van der Waals surface area contributed by atoms with Crippen molar-refractivity contribution in [1.82, 2.24) is 5.32 Å². The van der Waals surface area contributed by atoms with Gasteiger partial charge < -0.3 is 20.5 Å². The number of ether oxygens (including phenoxy) is 2. The van der Waals surface area contributed by atoms with Crippen LogP contribution in [0.5, 0.6) is 11.5 Å². The van der Waals surface area contributed by atoms with Crippen LogP contribution in [0.1, 0.15) is 26.3 Å². The van der Waals surface area contributed by atoms with Crippen LogP contribution in [-0.2, 0) is 11.3 Å². The van der Waals surface area contributed by atoms with Gasteiger partial charge in [0.2, 0.25) is 0 Å².